The molecule has 19 heavy (non-hydrogen) atoms. The second-order valence-electron chi connectivity index (χ2n) is 3.77. The van der Waals surface area contributed by atoms with Crippen LogP contribution < -0.4 is 5.32 Å². The fraction of sp³-hybridized carbons (Fsp3) is 0.167. The van der Waals surface area contributed by atoms with Crippen molar-refractivity contribution >= 4 is 21.7 Å². The number of anilines is 1. The van der Waals surface area contributed by atoms with Crippen molar-refractivity contribution in [3.05, 3.63) is 52.4 Å². The fourth-order valence-electron chi connectivity index (χ4n) is 1.40. The minimum Gasteiger partial charge on any atom is -0.366 e. The van der Waals surface area contributed by atoms with Crippen molar-refractivity contribution in [2.75, 3.05) is 5.32 Å². The van der Waals surface area contributed by atoms with Gasteiger partial charge in [0.2, 0.25) is 0 Å². The lowest BCUT2D eigenvalue weighted by Crippen LogP contribution is -2.10. The highest BCUT2D eigenvalue weighted by Crippen LogP contribution is 2.28. The van der Waals surface area contributed by atoms with E-state index in [1.807, 2.05) is 24.3 Å². The van der Waals surface area contributed by atoms with Gasteiger partial charge in [-0.25, -0.2) is 9.97 Å². The van der Waals surface area contributed by atoms with Crippen LogP contribution >= 0.6 is 15.9 Å². The number of hydrogen-bond donors (Lipinski definition) is 1. The summed E-state index contributed by atoms with van der Waals surface area (Å²) in [6, 6.07) is 8.33. The molecule has 1 aromatic heterocycles. The lowest BCUT2D eigenvalue weighted by Gasteiger charge is -2.09. The predicted octanol–water partition coefficient (Wildman–Crippen LogP) is 3.87. The van der Waals surface area contributed by atoms with Crippen LogP contribution in [0, 0.1) is 0 Å². The van der Waals surface area contributed by atoms with Gasteiger partial charge in [0.1, 0.15) is 17.8 Å². The van der Waals surface area contributed by atoms with E-state index in [0.717, 1.165) is 22.4 Å². The number of nitrogens with one attached hydrogen (secondary N) is 1. The number of hydrogen-bond acceptors (Lipinski definition) is 3. The summed E-state index contributed by atoms with van der Waals surface area (Å²) in [6.07, 6.45) is -3.57. The van der Waals surface area contributed by atoms with Gasteiger partial charge in [-0.05, 0) is 17.7 Å². The first-order valence-corrected chi connectivity index (χ1v) is 6.12. The van der Waals surface area contributed by atoms with Crippen molar-refractivity contribution in [2.45, 2.75) is 12.7 Å². The summed E-state index contributed by atoms with van der Waals surface area (Å²) in [5.74, 6) is 0.144. The van der Waals surface area contributed by atoms with E-state index < -0.39 is 11.9 Å². The third kappa shape index (κ3) is 3.92. The smallest absolute Gasteiger partial charge is 0.366 e. The quantitative estimate of drug-likeness (QED) is 0.927. The molecule has 0 aliphatic heterocycles. The first-order valence-electron chi connectivity index (χ1n) is 5.33. The van der Waals surface area contributed by atoms with Gasteiger partial charge in [-0.1, -0.05) is 28.1 Å². The largest absolute Gasteiger partial charge is 0.433 e. The second-order valence-corrected chi connectivity index (χ2v) is 4.68. The molecule has 0 atom stereocenters. The summed E-state index contributed by atoms with van der Waals surface area (Å²) >= 11 is 3.31. The van der Waals surface area contributed by atoms with Crippen LogP contribution in [0.3, 0.4) is 0 Å². The van der Waals surface area contributed by atoms with E-state index in [4.69, 9.17) is 0 Å². The van der Waals surface area contributed by atoms with Crippen LogP contribution in [0.4, 0.5) is 19.0 Å². The van der Waals surface area contributed by atoms with Gasteiger partial charge in [-0.15, -0.1) is 0 Å². The Morgan fingerprint density at radius 1 is 1.11 bits per heavy atom. The van der Waals surface area contributed by atoms with E-state index in [1.54, 1.807) is 0 Å². The summed E-state index contributed by atoms with van der Waals surface area (Å²) in [4.78, 5) is 6.95. The zero-order chi connectivity index (χ0) is 13.9. The highest BCUT2D eigenvalue weighted by molar-refractivity contribution is 9.10. The zero-order valence-electron chi connectivity index (χ0n) is 9.58. The van der Waals surface area contributed by atoms with E-state index in [-0.39, 0.29) is 5.82 Å². The van der Waals surface area contributed by atoms with Crippen LogP contribution in [-0.4, -0.2) is 9.97 Å². The molecule has 1 N–H and O–H groups in total. The zero-order valence-corrected chi connectivity index (χ0v) is 11.2. The molecule has 0 saturated carbocycles. The molecular weight excluding hydrogens is 323 g/mol. The molecule has 0 unspecified atom stereocenters. The molecule has 0 spiro atoms. The Balaban J connectivity index is 2.05. The van der Waals surface area contributed by atoms with Crippen LogP contribution in [0.1, 0.15) is 11.3 Å². The number of halogens is 4. The normalized spacial score (nSPS) is 11.4. The molecule has 1 aromatic carbocycles. The molecule has 0 fully saturated rings. The van der Waals surface area contributed by atoms with E-state index in [1.165, 1.54) is 0 Å². The Hall–Kier alpha value is -1.63. The lowest BCUT2D eigenvalue weighted by molar-refractivity contribution is -0.141. The molecule has 1 heterocycles. The Morgan fingerprint density at radius 2 is 1.79 bits per heavy atom. The van der Waals surface area contributed by atoms with Crippen molar-refractivity contribution in [1.82, 2.24) is 9.97 Å². The third-order valence-corrected chi connectivity index (χ3v) is 2.87. The van der Waals surface area contributed by atoms with E-state index in [0.29, 0.717) is 6.54 Å². The number of benzene rings is 1. The van der Waals surface area contributed by atoms with Gasteiger partial charge in [0.05, 0.1) is 0 Å². The second kappa shape index (κ2) is 5.56. The minimum absolute atomic E-state index is 0.144. The van der Waals surface area contributed by atoms with Gasteiger partial charge >= 0.3 is 6.18 Å². The molecule has 7 heteroatoms. The van der Waals surface area contributed by atoms with Crippen molar-refractivity contribution in [2.24, 2.45) is 0 Å². The maximum absolute atomic E-state index is 12.5. The Bertz CT molecular complexity index is 555. The Morgan fingerprint density at radius 3 is 2.42 bits per heavy atom. The first kappa shape index (κ1) is 13.8. The lowest BCUT2D eigenvalue weighted by atomic mass is 10.2. The summed E-state index contributed by atoms with van der Waals surface area (Å²) in [5.41, 5.74) is -0.0174. The number of nitrogens with zero attached hydrogens (tertiary/aromatic N) is 2. The van der Waals surface area contributed by atoms with Gasteiger partial charge in [-0.3, -0.25) is 0 Å². The van der Waals surface area contributed by atoms with Gasteiger partial charge in [-0.2, -0.15) is 13.2 Å². The molecule has 100 valence electrons. The summed E-state index contributed by atoms with van der Waals surface area (Å²) in [5, 5.41) is 2.83. The van der Waals surface area contributed by atoms with Crippen LogP contribution in [0.25, 0.3) is 0 Å². The highest BCUT2D eigenvalue weighted by atomic mass is 79.9. The molecule has 0 amide bonds. The van der Waals surface area contributed by atoms with Gasteiger partial charge in [0, 0.05) is 17.1 Å². The number of rotatable bonds is 3. The van der Waals surface area contributed by atoms with Gasteiger partial charge in [0.15, 0.2) is 0 Å². The first-order chi connectivity index (χ1) is 8.95. The van der Waals surface area contributed by atoms with Crippen molar-refractivity contribution in [3.8, 4) is 0 Å². The number of aromatic nitrogens is 2. The Labute approximate surface area is 116 Å². The van der Waals surface area contributed by atoms with Crippen LogP contribution in [0.5, 0.6) is 0 Å². The van der Waals surface area contributed by atoms with Crippen LogP contribution in [0.2, 0.25) is 0 Å². The molecule has 0 bridgehead atoms. The molecule has 2 rings (SSSR count). The van der Waals surface area contributed by atoms with E-state index in [9.17, 15) is 13.2 Å². The van der Waals surface area contributed by atoms with Gasteiger partial charge in [0.25, 0.3) is 0 Å². The van der Waals surface area contributed by atoms with E-state index >= 15 is 0 Å². The predicted molar refractivity (Wildman–Crippen MR) is 68.5 cm³/mol. The molecule has 0 aliphatic carbocycles. The van der Waals surface area contributed by atoms with Crippen molar-refractivity contribution in [3.63, 3.8) is 0 Å². The fourth-order valence-corrected chi connectivity index (χ4v) is 1.67. The highest BCUT2D eigenvalue weighted by Gasteiger charge is 2.32. The van der Waals surface area contributed by atoms with Crippen LogP contribution in [-0.2, 0) is 12.7 Å². The van der Waals surface area contributed by atoms with Crippen molar-refractivity contribution in [1.29, 1.82) is 0 Å². The minimum atomic E-state index is -4.46. The summed E-state index contributed by atoms with van der Waals surface area (Å²) in [6.45, 7) is 0.390. The molecule has 0 radical (unpaired) electrons. The standard InChI is InChI=1S/C12H9BrF3N3/c13-9-3-1-8(2-4-9)6-17-11-5-10(12(14,15)16)18-7-19-11/h1-5,7H,6H2,(H,17,18,19). The van der Waals surface area contributed by atoms with E-state index in [2.05, 4.69) is 31.2 Å². The maximum Gasteiger partial charge on any atom is 0.433 e. The molecule has 3 nitrogen and oxygen atoms in total. The average molecular weight is 332 g/mol. The average Bonchev–Trinajstić information content (AvgIpc) is 2.37. The summed E-state index contributed by atoms with van der Waals surface area (Å²) in [7, 11) is 0. The van der Waals surface area contributed by atoms with Gasteiger partial charge < -0.3 is 5.32 Å². The molecule has 0 saturated heterocycles. The molecule has 0 aliphatic rings. The number of alkyl halides is 3. The maximum atomic E-state index is 12.5. The van der Waals surface area contributed by atoms with Crippen LogP contribution in [0.15, 0.2) is 41.1 Å². The molecule has 2 aromatic rings. The summed E-state index contributed by atoms with van der Waals surface area (Å²) < 4.78 is 38.3. The monoisotopic (exact) mass is 331 g/mol. The van der Waals surface area contributed by atoms with Crippen molar-refractivity contribution < 1.29 is 13.2 Å². The Kier molecular flexibility index (Phi) is 4.04. The topological polar surface area (TPSA) is 37.8 Å². The SMILES string of the molecule is FC(F)(F)c1cc(NCc2ccc(Br)cc2)ncn1. The third-order valence-electron chi connectivity index (χ3n) is 2.34. The molecular formula is C12H9BrF3N3.